The van der Waals surface area contributed by atoms with Crippen molar-refractivity contribution in [3.05, 3.63) is 138 Å². The summed E-state index contributed by atoms with van der Waals surface area (Å²) in [6, 6.07) is 30.3. The van der Waals surface area contributed by atoms with Crippen LogP contribution in [0.25, 0.3) is 43.6 Å². The molecule has 0 fully saturated rings. The van der Waals surface area contributed by atoms with E-state index in [1.807, 2.05) is 78.9 Å². The lowest BCUT2D eigenvalue weighted by molar-refractivity contribution is -0.136. The maximum Gasteiger partial charge on any atom is 0.418 e. The predicted molar refractivity (Wildman–Crippen MR) is 214 cm³/mol. The molecule has 4 aromatic carbocycles. The van der Waals surface area contributed by atoms with Gasteiger partial charge in [-0.1, -0.05) is 29.8 Å². The molecular weight excluding hydrogens is 745 g/mol. The number of alkyl halides is 3. The van der Waals surface area contributed by atoms with E-state index in [0.717, 1.165) is 61.8 Å². The lowest BCUT2D eigenvalue weighted by Gasteiger charge is -2.12. The number of hydrogen-bond acceptors (Lipinski definition) is 9. The number of benzene rings is 4. The van der Waals surface area contributed by atoms with E-state index >= 15 is 0 Å². The zero-order valence-electron chi connectivity index (χ0n) is 31.4. The summed E-state index contributed by atoms with van der Waals surface area (Å²) in [6.07, 6.45) is 0.768. The zero-order valence-corrected chi connectivity index (χ0v) is 32.1. The minimum Gasteiger partial charge on any atom is -0.497 e. The molecule has 0 spiro atoms. The Kier molecular flexibility index (Phi) is 13.7. The quantitative estimate of drug-likeness (QED) is 0.169. The molecule has 0 aliphatic carbocycles. The van der Waals surface area contributed by atoms with Crippen LogP contribution in [0.15, 0.2) is 122 Å². The average molecular weight is 783 g/mol. The second kappa shape index (κ2) is 18.8. The third kappa shape index (κ3) is 9.82. The molecule has 0 saturated heterocycles. The molecule has 56 heavy (non-hydrogen) atoms. The third-order valence-electron chi connectivity index (χ3n) is 8.30. The topological polar surface area (TPSA) is 97.7 Å². The Morgan fingerprint density at radius 1 is 0.500 bits per heavy atom. The molecule has 0 N–H and O–H groups in total. The summed E-state index contributed by atoms with van der Waals surface area (Å²) in [5.41, 5.74) is 2.38. The van der Waals surface area contributed by atoms with Crippen LogP contribution >= 0.6 is 11.6 Å². The molecule has 0 radical (unpaired) electrons. The monoisotopic (exact) mass is 782 g/mol. The highest BCUT2D eigenvalue weighted by Crippen LogP contribution is 2.37. The first-order chi connectivity index (χ1) is 27.0. The molecule has 9 nitrogen and oxygen atoms in total. The minimum absolute atomic E-state index is 0.0724. The normalized spacial score (nSPS) is 10.7. The van der Waals surface area contributed by atoms with Crippen molar-refractivity contribution in [1.82, 2.24) is 19.9 Å². The number of halogens is 4. The Balaban J connectivity index is 0.000000144. The number of ether oxygens (including phenoxy) is 5. The van der Waals surface area contributed by atoms with E-state index < -0.39 is 11.7 Å². The van der Waals surface area contributed by atoms with Gasteiger partial charge >= 0.3 is 6.18 Å². The average Bonchev–Trinajstić information content (AvgIpc) is 3.22. The van der Waals surface area contributed by atoms with Gasteiger partial charge in [0.05, 0.1) is 63.2 Å². The van der Waals surface area contributed by atoms with Crippen LogP contribution in [-0.2, 0) is 6.18 Å². The number of hydrogen-bond donors (Lipinski definition) is 0. The molecule has 0 saturated carbocycles. The molecule has 288 valence electrons. The highest BCUT2D eigenvalue weighted by Gasteiger charge is 2.33. The summed E-state index contributed by atoms with van der Waals surface area (Å²) >= 11 is 5.83. The van der Waals surface area contributed by atoms with Crippen LogP contribution in [0, 0.1) is 6.92 Å². The van der Waals surface area contributed by atoms with Crippen molar-refractivity contribution >= 4 is 55.2 Å². The Bertz CT molecular complexity index is 2570. The van der Waals surface area contributed by atoms with Gasteiger partial charge in [0.1, 0.15) is 28.7 Å². The molecule has 4 aromatic heterocycles. The van der Waals surface area contributed by atoms with E-state index in [0.29, 0.717) is 21.9 Å². The van der Waals surface area contributed by atoms with Crippen molar-refractivity contribution in [3.8, 4) is 28.7 Å². The summed E-state index contributed by atoms with van der Waals surface area (Å²) in [4.78, 5) is 16.6. The van der Waals surface area contributed by atoms with Crippen LogP contribution in [0.5, 0.6) is 28.7 Å². The number of nitrogens with zero attached hydrogens (tertiary/aromatic N) is 4. The van der Waals surface area contributed by atoms with Crippen LogP contribution in [-0.4, -0.2) is 55.5 Å². The van der Waals surface area contributed by atoms with Crippen molar-refractivity contribution in [3.63, 3.8) is 0 Å². The van der Waals surface area contributed by atoms with E-state index in [2.05, 4.69) is 19.9 Å². The summed E-state index contributed by atoms with van der Waals surface area (Å²) in [6.45, 7) is 1.63. The van der Waals surface area contributed by atoms with E-state index in [4.69, 9.17) is 35.3 Å². The highest BCUT2D eigenvalue weighted by molar-refractivity contribution is 6.31. The molecule has 0 aliphatic rings. The maximum absolute atomic E-state index is 12.8. The van der Waals surface area contributed by atoms with Gasteiger partial charge in [0, 0.05) is 63.0 Å². The standard InChI is InChI=1S/C12H10F3NO.C11H11NO2.C10H8ClNO.C10H9NO/c1-7-6-10(17-2)8-4-3-5-9(11(8)16-7)12(13,14)15;1-13-8-3-4-9-10(7-8)12-6-5-11(9)14-2;1-13-10-4-5-12-9-6-7(11)2-3-8(9)10;1-12-10-6-7-11-9-5-3-2-4-8(9)10/h3-6H,1-2H3;3-7H,1-2H3;2-6H,1H3;2-7H,1H3. The first-order valence-electron chi connectivity index (χ1n) is 17.0. The van der Waals surface area contributed by atoms with Crippen molar-refractivity contribution in [2.24, 2.45) is 0 Å². The molecule has 8 rings (SSSR count). The molecule has 4 heterocycles. The van der Waals surface area contributed by atoms with E-state index in [1.165, 1.54) is 13.2 Å². The van der Waals surface area contributed by atoms with Crippen LogP contribution < -0.4 is 23.7 Å². The number of para-hydroxylation sites is 2. The molecule has 13 heteroatoms. The first kappa shape index (κ1) is 40.8. The summed E-state index contributed by atoms with van der Waals surface area (Å²) in [5.74, 6) is 3.73. The zero-order chi connectivity index (χ0) is 40.2. The van der Waals surface area contributed by atoms with E-state index in [9.17, 15) is 13.2 Å². The number of rotatable bonds is 5. The molecule has 0 atom stereocenters. The lowest BCUT2D eigenvalue weighted by Crippen LogP contribution is -2.07. The lowest BCUT2D eigenvalue weighted by atomic mass is 10.1. The maximum atomic E-state index is 12.8. The van der Waals surface area contributed by atoms with Gasteiger partial charge in [-0.15, -0.1) is 0 Å². The van der Waals surface area contributed by atoms with Gasteiger partial charge in [-0.05, 0) is 79.7 Å². The van der Waals surface area contributed by atoms with Gasteiger partial charge in [0.2, 0.25) is 0 Å². The second-order valence-electron chi connectivity index (χ2n) is 11.8. The third-order valence-corrected chi connectivity index (χ3v) is 8.53. The fourth-order valence-electron chi connectivity index (χ4n) is 5.66. The fraction of sp³-hybridized carbons (Fsp3) is 0.163. The summed E-state index contributed by atoms with van der Waals surface area (Å²) in [7, 11) is 8.03. The summed E-state index contributed by atoms with van der Waals surface area (Å²) in [5, 5.41) is 4.09. The van der Waals surface area contributed by atoms with Gasteiger partial charge in [-0.3, -0.25) is 19.9 Å². The number of aromatic nitrogens is 4. The molecule has 8 aromatic rings. The van der Waals surface area contributed by atoms with Gasteiger partial charge in [0.15, 0.2) is 0 Å². The number of fused-ring (bicyclic) bond motifs is 4. The van der Waals surface area contributed by atoms with E-state index in [1.54, 1.807) is 66.1 Å². The summed E-state index contributed by atoms with van der Waals surface area (Å²) < 4.78 is 64.2. The number of aryl methyl sites for hydroxylation is 1. The number of methoxy groups -OCH3 is 5. The Hall–Kier alpha value is -6.40. The number of pyridine rings is 4. The van der Waals surface area contributed by atoms with Crippen LogP contribution in [0.4, 0.5) is 13.2 Å². The molecular formula is C43H38ClF3N4O5. The predicted octanol–water partition coefficient (Wildman–Crippen LogP) is 11.0. The van der Waals surface area contributed by atoms with E-state index in [-0.39, 0.29) is 5.52 Å². The van der Waals surface area contributed by atoms with Crippen LogP contribution in [0.3, 0.4) is 0 Å². The van der Waals surface area contributed by atoms with Crippen molar-refractivity contribution in [2.75, 3.05) is 35.5 Å². The van der Waals surface area contributed by atoms with Gasteiger partial charge in [-0.25, -0.2) is 0 Å². The SMILES string of the molecule is COc1cc(C)nc2c(C(F)(F)F)cccc12.COc1ccc2c(OC)ccnc2c1.COc1ccnc2cc(Cl)ccc12.COc1ccnc2ccccc12. The molecule has 0 amide bonds. The Morgan fingerprint density at radius 2 is 1.02 bits per heavy atom. The second-order valence-corrected chi connectivity index (χ2v) is 12.2. The van der Waals surface area contributed by atoms with Crippen molar-refractivity contribution in [2.45, 2.75) is 13.1 Å². The smallest absolute Gasteiger partial charge is 0.418 e. The van der Waals surface area contributed by atoms with Gasteiger partial charge in [-0.2, -0.15) is 13.2 Å². The van der Waals surface area contributed by atoms with Crippen LogP contribution in [0.1, 0.15) is 11.3 Å². The Labute approximate surface area is 326 Å². The van der Waals surface area contributed by atoms with Crippen molar-refractivity contribution in [1.29, 1.82) is 0 Å². The first-order valence-corrected chi connectivity index (χ1v) is 17.3. The Morgan fingerprint density at radius 3 is 1.59 bits per heavy atom. The molecule has 0 unspecified atom stereocenters. The molecule has 0 aliphatic heterocycles. The highest BCUT2D eigenvalue weighted by atomic mass is 35.5. The van der Waals surface area contributed by atoms with Gasteiger partial charge < -0.3 is 23.7 Å². The largest absolute Gasteiger partial charge is 0.497 e. The minimum atomic E-state index is -4.41. The molecule has 0 bridgehead atoms. The van der Waals surface area contributed by atoms with Crippen LogP contribution in [0.2, 0.25) is 5.02 Å². The fourth-order valence-corrected chi connectivity index (χ4v) is 5.83. The van der Waals surface area contributed by atoms with Crippen molar-refractivity contribution < 1.29 is 36.9 Å². The van der Waals surface area contributed by atoms with Gasteiger partial charge in [0.25, 0.3) is 0 Å².